The van der Waals surface area contributed by atoms with Crippen LogP contribution in [-0.2, 0) is 10.0 Å². The van der Waals surface area contributed by atoms with Crippen LogP contribution in [0.4, 0.5) is 0 Å². The first-order valence-electron chi connectivity index (χ1n) is 6.16. The van der Waals surface area contributed by atoms with Crippen LogP contribution in [0.15, 0.2) is 23.1 Å². The lowest BCUT2D eigenvalue weighted by Crippen LogP contribution is -2.38. The molecule has 1 fully saturated rings. The molecule has 1 saturated heterocycles. The summed E-state index contributed by atoms with van der Waals surface area (Å²) in [6.07, 6.45) is 0.824. The van der Waals surface area contributed by atoms with E-state index in [1.807, 2.05) is 6.07 Å². The van der Waals surface area contributed by atoms with Crippen molar-refractivity contribution in [2.75, 3.05) is 20.1 Å². The number of nitriles is 1. The predicted molar refractivity (Wildman–Crippen MR) is 79.4 cm³/mol. The van der Waals surface area contributed by atoms with Gasteiger partial charge in [0.15, 0.2) is 0 Å². The molecule has 20 heavy (non-hydrogen) atoms. The molecule has 0 radical (unpaired) electrons. The predicted octanol–water partition coefficient (Wildman–Crippen LogP) is 1.27. The van der Waals surface area contributed by atoms with Gasteiger partial charge >= 0.3 is 0 Å². The normalized spacial score (nSPS) is 18.6. The third kappa shape index (κ3) is 3.13. The van der Waals surface area contributed by atoms with Gasteiger partial charge in [0.05, 0.1) is 16.5 Å². The maximum atomic E-state index is 12.6. The van der Waals surface area contributed by atoms with Gasteiger partial charge in [0, 0.05) is 19.6 Å². The standard InChI is InChI=1S/C13H17N3O2S.ClH/c1-10-7-11(8-14)3-4-13(10)19(17,18)16(2)12-5-6-15-9-12;/h3-4,7,12,15H,5-6,9H2,1-2H3;1H. The van der Waals surface area contributed by atoms with Crippen LogP contribution in [0.1, 0.15) is 17.5 Å². The van der Waals surface area contributed by atoms with Crippen molar-refractivity contribution in [3.05, 3.63) is 29.3 Å². The summed E-state index contributed by atoms with van der Waals surface area (Å²) in [7, 11) is -1.88. The highest BCUT2D eigenvalue weighted by atomic mass is 35.5. The van der Waals surface area contributed by atoms with Crippen LogP contribution in [-0.4, -0.2) is 38.9 Å². The van der Waals surface area contributed by atoms with Gasteiger partial charge in [-0.2, -0.15) is 9.57 Å². The van der Waals surface area contributed by atoms with Crippen molar-refractivity contribution in [2.24, 2.45) is 0 Å². The maximum absolute atomic E-state index is 12.6. The van der Waals surface area contributed by atoms with Crippen LogP contribution in [0.3, 0.4) is 0 Å². The summed E-state index contributed by atoms with van der Waals surface area (Å²) in [5.74, 6) is 0. The Morgan fingerprint density at radius 3 is 2.65 bits per heavy atom. The first kappa shape index (κ1) is 16.9. The van der Waals surface area contributed by atoms with Crippen LogP contribution in [0.2, 0.25) is 0 Å². The minimum Gasteiger partial charge on any atom is -0.315 e. The Morgan fingerprint density at radius 1 is 1.45 bits per heavy atom. The molecule has 1 aliphatic heterocycles. The lowest BCUT2D eigenvalue weighted by atomic mass is 10.2. The van der Waals surface area contributed by atoms with E-state index in [4.69, 9.17) is 5.26 Å². The molecule has 1 atom stereocenters. The van der Waals surface area contributed by atoms with Gasteiger partial charge in [0.25, 0.3) is 0 Å². The van der Waals surface area contributed by atoms with Crippen LogP contribution >= 0.6 is 12.4 Å². The van der Waals surface area contributed by atoms with Gasteiger partial charge in [-0.3, -0.25) is 0 Å². The highest BCUT2D eigenvalue weighted by molar-refractivity contribution is 7.89. The second-order valence-corrected chi connectivity index (χ2v) is 6.73. The fourth-order valence-corrected chi connectivity index (χ4v) is 3.90. The quantitative estimate of drug-likeness (QED) is 0.911. The van der Waals surface area contributed by atoms with Crippen molar-refractivity contribution in [1.82, 2.24) is 9.62 Å². The summed E-state index contributed by atoms with van der Waals surface area (Å²) in [5.41, 5.74) is 1.08. The van der Waals surface area contributed by atoms with E-state index in [0.717, 1.165) is 13.0 Å². The topological polar surface area (TPSA) is 73.2 Å². The minimum atomic E-state index is -3.49. The highest BCUT2D eigenvalue weighted by Gasteiger charge is 2.30. The van der Waals surface area contributed by atoms with Crippen molar-refractivity contribution in [2.45, 2.75) is 24.3 Å². The zero-order valence-corrected chi connectivity index (χ0v) is 13.1. The van der Waals surface area contributed by atoms with Gasteiger partial charge in [-0.1, -0.05) is 0 Å². The second kappa shape index (κ2) is 6.55. The van der Waals surface area contributed by atoms with E-state index in [9.17, 15) is 8.42 Å². The minimum absolute atomic E-state index is 0. The number of sulfonamides is 1. The molecule has 0 aromatic heterocycles. The zero-order valence-electron chi connectivity index (χ0n) is 11.5. The molecule has 0 amide bonds. The monoisotopic (exact) mass is 315 g/mol. The Bertz CT molecular complexity index is 619. The molecule has 1 heterocycles. The van der Waals surface area contributed by atoms with E-state index >= 15 is 0 Å². The Balaban J connectivity index is 0.00000200. The number of nitrogens with one attached hydrogen (secondary N) is 1. The highest BCUT2D eigenvalue weighted by Crippen LogP contribution is 2.23. The molecular formula is C13H18ClN3O2S. The molecule has 0 saturated carbocycles. The summed E-state index contributed by atoms with van der Waals surface area (Å²) in [4.78, 5) is 0.279. The fourth-order valence-electron chi connectivity index (χ4n) is 2.31. The van der Waals surface area contributed by atoms with Gasteiger partial charge in [-0.25, -0.2) is 8.42 Å². The van der Waals surface area contributed by atoms with E-state index in [-0.39, 0.29) is 23.3 Å². The number of likely N-dealkylation sites (N-methyl/N-ethyl adjacent to an activating group) is 1. The summed E-state index contributed by atoms with van der Waals surface area (Å²) < 4.78 is 26.5. The molecule has 110 valence electrons. The maximum Gasteiger partial charge on any atom is 0.243 e. The molecule has 1 unspecified atom stereocenters. The van der Waals surface area contributed by atoms with E-state index in [0.29, 0.717) is 17.7 Å². The van der Waals surface area contributed by atoms with Crippen LogP contribution in [0.25, 0.3) is 0 Å². The van der Waals surface area contributed by atoms with Crippen molar-refractivity contribution in [1.29, 1.82) is 5.26 Å². The van der Waals surface area contributed by atoms with Crippen LogP contribution in [0, 0.1) is 18.3 Å². The van der Waals surface area contributed by atoms with Crippen molar-refractivity contribution < 1.29 is 8.42 Å². The van der Waals surface area contributed by atoms with Crippen molar-refractivity contribution >= 4 is 22.4 Å². The lowest BCUT2D eigenvalue weighted by molar-refractivity contribution is 0.387. The Morgan fingerprint density at radius 2 is 2.15 bits per heavy atom. The van der Waals surface area contributed by atoms with E-state index in [1.165, 1.54) is 10.4 Å². The molecule has 1 aliphatic rings. The molecule has 5 nitrogen and oxygen atoms in total. The largest absolute Gasteiger partial charge is 0.315 e. The van der Waals surface area contributed by atoms with Crippen molar-refractivity contribution in [3.8, 4) is 6.07 Å². The number of benzene rings is 1. The number of hydrogen-bond acceptors (Lipinski definition) is 4. The smallest absolute Gasteiger partial charge is 0.243 e. The first-order chi connectivity index (χ1) is 8.96. The SMILES string of the molecule is Cc1cc(C#N)ccc1S(=O)(=O)N(C)C1CCNC1.Cl. The molecule has 1 N–H and O–H groups in total. The molecule has 1 aromatic rings. The summed E-state index contributed by atoms with van der Waals surface area (Å²) >= 11 is 0. The fraction of sp³-hybridized carbons (Fsp3) is 0.462. The molecule has 2 rings (SSSR count). The Kier molecular flexibility index (Phi) is 5.54. The molecular weight excluding hydrogens is 298 g/mol. The average Bonchev–Trinajstić information content (AvgIpc) is 2.90. The molecule has 0 bridgehead atoms. The third-order valence-electron chi connectivity index (χ3n) is 3.51. The van der Waals surface area contributed by atoms with Crippen LogP contribution < -0.4 is 5.32 Å². The molecule has 0 spiro atoms. The van der Waals surface area contributed by atoms with Gasteiger partial charge in [0.1, 0.15) is 0 Å². The first-order valence-corrected chi connectivity index (χ1v) is 7.60. The third-order valence-corrected chi connectivity index (χ3v) is 5.58. The summed E-state index contributed by atoms with van der Waals surface area (Å²) in [6, 6.07) is 6.68. The van der Waals surface area contributed by atoms with Gasteiger partial charge in [-0.05, 0) is 43.7 Å². The average molecular weight is 316 g/mol. The number of halogens is 1. The van der Waals surface area contributed by atoms with Crippen LogP contribution in [0.5, 0.6) is 0 Å². The van der Waals surface area contributed by atoms with Crippen molar-refractivity contribution in [3.63, 3.8) is 0 Å². The van der Waals surface area contributed by atoms with Gasteiger partial charge in [-0.15, -0.1) is 12.4 Å². The number of aryl methyl sites for hydroxylation is 1. The summed E-state index contributed by atoms with van der Waals surface area (Å²) in [5, 5.41) is 12.0. The molecule has 7 heteroatoms. The molecule has 0 aliphatic carbocycles. The summed E-state index contributed by atoms with van der Waals surface area (Å²) in [6.45, 7) is 3.25. The number of hydrogen-bond donors (Lipinski definition) is 1. The van der Waals surface area contributed by atoms with Gasteiger partial charge < -0.3 is 5.32 Å². The zero-order chi connectivity index (χ0) is 14.0. The van der Waals surface area contributed by atoms with E-state index < -0.39 is 10.0 Å². The number of nitrogens with zero attached hydrogens (tertiary/aromatic N) is 2. The van der Waals surface area contributed by atoms with Gasteiger partial charge in [0.2, 0.25) is 10.0 Å². The van der Waals surface area contributed by atoms with E-state index in [2.05, 4.69) is 5.32 Å². The second-order valence-electron chi connectivity index (χ2n) is 4.76. The van der Waals surface area contributed by atoms with E-state index in [1.54, 1.807) is 26.1 Å². The lowest BCUT2D eigenvalue weighted by Gasteiger charge is -2.24. The molecule has 1 aromatic carbocycles. The Labute approximate surface area is 126 Å². The number of rotatable bonds is 3. The Hall–Kier alpha value is -1.13.